The van der Waals surface area contributed by atoms with Crippen molar-refractivity contribution in [3.8, 4) is 11.1 Å². The van der Waals surface area contributed by atoms with Gasteiger partial charge < -0.3 is 9.47 Å². The van der Waals surface area contributed by atoms with E-state index in [1.165, 1.54) is 36.9 Å². The van der Waals surface area contributed by atoms with Gasteiger partial charge in [0.05, 0.1) is 14.2 Å². The maximum atomic E-state index is 11.6. The van der Waals surface area contributed by atoms with Gasteiger partial charge in [0.1, 0.15) is 9.75 Å². The van der Waals surface area contributed by atoms with Crippen molar-refractivity contribution in [2.45, 2.75) is 0 Å². The number of methoxy groups -OCH3 is 2. The van der Waals surface area contributed by atoms with Crippen LogP contribution >= 0.6 is 22.7 Å². The molecule has 0 aliphatic rings. The van der Waals surface area contributed by atoms with Crippen LogP contribution in [0.1, 0.15) is 19.3 Å². The zero-order valence-corrected chi connectivity index (χ0v) is 11.4. The number of ether oxygens (including phenoxy) is 2. The van der Waals surface area contributed by atoms with Crippen molar-refractivity contribution >= 4 is 34.6 Å². The third-order valence-corrected chi connectivity index (χ3v) is 4.15. The minimum Gasteiger partial charge on any atom is -0.465 e. The first-order valence-corrected chi connectivity index (χ1v) is 6.77. The van der Waals surface area contributed by atoms with E-state index in [1.807, 2.05) is 0 Å². The molecule has 0 radical (unpaired) electrons. The standard InChI is InChI=1S/C12H10O4S2/c1-15-11(13)9-7(3-5-17-9)8-4-6-18-10(8)12(14)16-2/h3-6H,1-2H3. The average molecular weight is 282 g/mol. The molecule has 0 N–H and O–H groups in total. The fourth-order valence-corrected chi connectivity index (χ4v) is 3.19. The van der Waals surface area contributed by atoms with Crippen molar-refractivity contribution in [2.75, 3.05) is 14.2 Å². The number of esters is 2. The third-order valence-electron chi connectivity index (χ3n) is 2.36. The van der Waals surface area contributed by atoms with Crippen LogP contribution in [0.15, 0.2) is 22.9 Å². The van der Waals surface area contributed by atoms with Crippen LogP contribution < -0.4 is 0 Å². The van der Waals surface area contributed by atoms with E-state index in [0.29, 0.717) is 20.9 Å². The van der Waals surface area contributed by atoms with E-state index in [9.17, 15) is 9.59 Å². The second-order valence-electron chi connectivity index (χ2n) is 3.31. The Morgan fingerprint density at radius 3 is 1.61 bits per heavy atom. The lowest BCUT2D eigenvalue weighted by atomic mass is 10.1. The van der Waals surface area contributed by atoms with E-state index < -0.39 is 11.9 Å². The van der Waals surface area contributed by atoms with Crippen LogP contribution in [0.5, 0.6) is 0 Å². The van der Waals surface area contributed by atoms with Crippen LogP contribution in [0.3, 0.4) is 0 Å². The molecule has 0 aliphatic heterocycles. The van der Waals surface area contributed by atoms with Crippen LogP contribution in [0.4, 0.5) is 0 Å². The summed E-state index contributed by atoms with van der Waals surface area (Å²) >= 11 is 2.57. The molecule has 0 amide bonds. The molecule has 0 aliphatic carbocycles. The normalized spacial score (nSPS) is 10.1. The highest BCUT2D eigenvalue weighted by molar-refractivity contribution is 7.13. The van der Waals surface area contributed by atoms with Gasteiger partial charge in [-0.2, -0.15) is 0 Å². The van der Waals surface area contributed by atoms with Crippen LogP contribution in [0.25, 0.3) is 11.1 Å². The summed E-state index contributed by atoms with van der Waals surface area (Å²) in [5.74, 6) is -0.802. The fraction of sp³-hybridized carbons (Fsp3) is 0.167. The molecular formula is C12H10O4S2. The lowest BCUT2D eigenvalue weighted by Crippen LogP contribution is -2.03. The summed E-state index contributed by atoms with van der Waals surface area (Å²) in [4.78, 5) is 24.2. The highest BCUT2D eigenvalue weighted by Crippen LogP contribution is 2.34. The summed E-state index contributed by atoms with van der Waals surface area (Å²) in [5.41, 5.74) is 1.40. The fourth-order valence-electron chi connectivity index (χ4n) is 1.54. The van der Waals surface area contributed by atoms with Crippen molar-refractivity contribution in [1.82, 2.24) is 0 Å². The summed E-state index contributed by atoms with van der Waals surface area (Å²) in [7, 11) is 2.67. The zero-order chi connectivity index (χ0) is 13.1. The second kappa shape index (κ2) is 5.32. The number of rotatable bonds is 3. The van der Waals surface area contributed by atoms with Gasteiger partial charge in [0, 0.05) is 11.1 Å². The SMILES string of the molecule is COC(=O)c1sccc1-c1ccsc1C(=O)OC. The average Bonchev–Trinajstić information content (AvgIpc) is 3.04. The van der Waals surface area contributed by atoms with Gasteiger partial charge in [0.25, 0.3) is 0 Å². The molecule has 2 heterocycles. The molecule has 94 valence electrons. The Labute approximate surface area is 112 Å². The van der Waals surface area contributed by atoms with Crippen LogP contribution in [-0.2, 0) is 9.47 Å². The molecule has 2 rings (SSSR count). The van der Waals surface area contributed by atoms with Crippen molar-refractivity contribution in [2.24, 2.45) is 0 Å². The molecule has 0 bridgehead atoms. The number of carbonyl (C=O) groups is 2. The van der Waals surface area contributed by atoms with Gasteiger partial charge in [-0.25, -0.2) is 9.59 Å². The quantitative estimate of drug-likeness (QED) is 0.812. The lowest BCUT2D eigenvalue weighted by Gasteiger charge is -2.03. The number of hydrogen-bond acceptors (Lipinski definition) is 6. The van der Waals surface area contributed by atoms with Gasteiger partial charge >= 0.3 is 11.9 Å². The molecule has 18 heavy (non-hydrogen) atoms. The Morgan fingerprint density at radius 1 is 0.889 bits per heavy atom. The topological polar surface area (TPSA) is 52.6 Å². The van der Waals surface area contributed by atoms with Crippen molar-refractivity contribution < 1.29 is 19.1 Å². The Kier molecular flexibility index (Phi) is 3.78. The van der Waals surface area contributed by atoms with Crippen molar-refractivity contribution in [3.63, 3.8) is 0 Å². The Morgan fingerprint density at radius 2 is 1.28 bits per heavy atom. The highest BCUT2D eigenvalue weighted by atomic mass is 32.1. The van der Waals surface area contributed by atoms with Gasteiger partial charge in [0.2, 0.25) is 0 Å². The molecule has 0 spiro atoms. The van der Waals surface area contributed by atoms with Crippen LogP contribution in [0, 0.1) is 0 Å². The van der Waals surface area contributed by atoms with E-state index in [4.69, 9.17) is 9.47 Å². The molecule has 2 aromatic heterocycles. The van der Waals surface area contributed by atoms with Gasteiger partial charge in [-0.15, -0.1) is 22.7 Å². The Balaban J connectivity index is 2.50. The minimum absolute atomic E-state index is 0.401. The molecule has 6 heteroatoms. The Hall–Kier alpha value is -1.66. The molecule has 0 saturated carbocycles. The molecule has 0 saturated heterocycles. The van der Waals surface area contributed by atoms with Gasteiger partial charge in [-0.1, -0.05) is 0 Å². The molecule has 0 fully saturated rings. The number of hydrogen-bond donors (Lipinski definition) is 0. The molecule has 4 nitrogen and oxygen atoms in total. The van der Waals surface area contributed by atoms with E-state index >= 15 is 0 Å². The first-order chi connectivity index (χ1) is 8.69. The number of thiophene rings is 2. The predicted octanol–water partition coefficient (Wildman–Crippen LogP) is 3.05. The zero-order valence-electron chi connectivity index (χ0n) is 9.76. The lowest BCUT2D eigenvalue weighted by molar-refractivity contribution is 0.0595. The third kappa shape index (κ3) is 2.16. The summed E-state index contributed by atoms with van der Waals surface area (Å²) in [6.45, 7) is 0. The minimum atomic E-state index is -0.401. The van der Waals surface area contributed by atoms with E-state index in [2.05, 4.69) is 0 Å². The smallest absolute Gasteiger partial charge is 0.348 e. The van der Waals surface area contributed by atoms with Crippen molar-refractivity contribution in [3.05, 3.63) is 32.6 Å². The van der Waals surface area contributed by atoms with Gasteiger partial charge in [-0.05, 0) is 22.9 Å². The molecule has 2 aromatic rings. The summed E-state index contributed by atoms with van der Waals surface area (Å²) in [6, 6.07) is 3.59. The predicted molar refractivity (Wildman–Crippen MR) is 70.3 cm³/mol. The molecule has 0 unspecified atom stereocenters. The summed E-state index contributed by atoms with van der Waals surface area (Å²) in [5, 5.41) is 3.58. The molecule has 0 aromatic carbocycles. The molecular weight excluding hydrogens is 272 g/mol. The van der Waals surface area contributed by atoms with E-state index in [0.717, 1.165) is 0 Å². The highest BCUT2D eigenvalue weighted by Gasteiger charge is 2.21. The van der Waals surface area contributed by atoms with Crippen molar-refractivity contribution in [1.29, 1.82) is 0 Å². The van der Waals surface area contributed by atoms with Gasteiger partial charge in [-0.3, -0.25) is 0 Å². The van der Waals surface area contributed by atoms with Crippen LogP contribution in [-0.4, -0.2) is 26.2 Å². The second-order valence-corrected chi connectivity index (χ2v) is 5.14. The maximum absolute atomic E-state index is 11.6. The first-order valence-electron chi connectivity index (χ1n) is 5.01. The first kappa shape index (κ1) is 12.8. The largest absolute Gasteiger partial charge is 0.465 e. The summed E-state index contributed by atoms with van der Waals surface area (Å²) < 4.78 is 9.44. The monoisotopic (exact) mass is 282 g/mol. The summed E-state index contributed by atoms with van der Waals surface area (Å²) in [6.07, 6.45) is 0. The number of carbonyl (C=O) groups excluding carboxylic acids is 2. The maximum Gasteiger partial charge on any atom is 0.348 e. The molecule has 0 atom stereocenters. The van der Waals surface area contributed by atoms with E-state index in [-0.39, 0.29) is 0 Å². The Bertz CT molecular complexity index is 530. The van der Waals surface area contributed by atoms with E-state index in [1.54, 1.807) is 22.9 Å². The van der Waals surface area contributed by atoms with Crippen LogP contribution in [0.2, 0.25) is 0 Å². The van der Waals surface area contributed by atoms with Gasteiger partial charge in [0.15, 0.2) is 0 Å².